The van der Waals surface area contributed by atoms with E-state index in [1.807, 2.05) is 41.9 Å². The van der Waals surface area contributed by atoms with Crippen LogP contribution in [0.5, 0.6) is 0 Å². The zero-order chi connectivity index (χ0) is 20.9. The second kappa shape index (κ2) is 9.59. The van der Waals surface area contributed by atoms with Crippen LogP contribution in [-0.2, 0) is 23.3 Å². The first-order chi connectivity index (χ1) is 14.6. The van der Waals surface area contributed by atoms with Gasteiger partial charge in [0.2, 0.25) is 5.91 Å². The van der Waals surface area contributed by atoms with E-state index in [2.05, 4.69) is 20.5 Å². The first kappa shape index (κ1) is 20.8. The lowest BCUT2D eigenvalue weighted by Gasteiger charge is -2.05. The number of carbonyl (C=O) groups excluding carboxylic acids is 1. The van der Waals surface area contributed by atoms with Gasteiger partial charge < -0.3 is 9.88 Å². The van der Waals surface area contributed by atoms with Crippen molar-refractivity contribution >= 4 is 56.1 Å². The van der Waals surface area contributed by atoms with Gasteiger partial charge in [-0.3, -0.25) is 4.79 Å². The molecule has 2 heterocycles. The van der Waals surface area contributed by atoms with E-state index in [0.29, 0.717) is 27.4 Å². The molecule has 0 spiro atoms. The zero-order valence-corrected chi connectivity index (χ0v) is 18.5. The van der Waals surface area contributed by atoms with Crippen molar-refractivity contribution in [3.05, 3.63) is 65.7 Å². The van der Waals surface area contributed by atoms with Crippen LogP contribution in [0.2, 0.25) is 0 Å². The summed E-state index contributed by atoms with van der Waals surface area (Å²) >= 11 is 4.34. The number of carbonyl (C=O) groups is 1. The Morgan fingerprint density at radius 3 is 2.77 bits per heavy atom. The van der Waals surface area contributed by atoms with Crippen LogP contribution in [0.3, 0.4) is 0 Å². The summed E-state index contributed by atoms with van der Waals surface area (Å²) in [6, 6.07) is 14.5. The predicted octanol–water partition coefficient (Wildman–Crippen LogP) is 4.73. The largest absolute Gasteiger partial charge is 0.308 e. The lowest BCUT2D eigenvalue weighted by atomic mass is 10.2. The van der Waals surface area contributed by atoms with Crippen LogP contribution < -0.4 is 5.32 Å². The van der Waals surface area contributed by atoms with E-state index in [1.54, 1.807) is 23.9 Å². The maximum absolute atomic E-state index is 13.7. The molecular weight excluding hydrogens is 441 g/mol. The molecule has 0 aliphatic carbocycles. The molecule has 0 radical (unpaired) electrons. The topological polar surface area (TPSA) is 72.7 Å². The van der Waals surface area contributed by atoms with Crippen molar-refractivity contribution in [2.24, 2.45) is 7.05 Å². The number of halogens is 1. The molecule has 0 unspecified atom stereocenters. The number of hydrogen-bond donors (Lipinski definition) is 1. The van der Waals surface area contributed by atoms with Crippen LogP contribution in [0, 0.1) is 5.82 Å². The van der Waals surface area contributed by atoms with Gasteiger partial charge in [0, 0.05) is 12.8 Å². The number of fused-ring (bicyclic) bond motifs is 1. The Hall–Kier alpha value is -2.43. The molecule has 4 rings (SSSR count). The molecule has 2 aromatic heterocycles. The van der Waals surface area contributed by atoms with Crippen molar-refractivity contribution in [2.45, 2.75) is 16.7 Å². The average Bonchev–Trinajstić information content (AvgIpc) is 3.30. The van der Waals surface area contributed by atoms with E-state index < -0.39 is 0 Å². The molecule has 0 fully saturated rings. The number of hydrogen-bond acceptors (Lipinski definition) is 7. The van der Waals surface area contributed by atoms with Gasteiger partial charge in [0.05, 0.1) is 21.7 Å². The molecule has 0 saturated carbocycles. The fourth-order valence-corrected chi connectivity index (χ4v) is 5.28. The maximum atomic E-state index is 13.7. The van der Waals surface area contributed by atoms with E-state index in [9.17, 15) is 9.18 Å². The number of thiazole rings is 1. The second-order valence-electron chi connectivity index (χ2n) is 6.37. The average molecular weight is 460 g/mol. The summed E-state index contributed by atoms with van der Waals surface area (Å²) in [4.78, 5) is 16.7. The van der Waals surface area contributed by atoms with Gasteiger partial charge in [0.15, 0.2) is 10.3 Å². The highest BCUT2D eigenvalue weighted by Gasteiger charge is 2.13. The number of nitrogens with zero attached hydrogens (tertiary/aromatic N) is 4. The first-order valence-corrected chi connectivity index (χ1v) is 12.0. The summed E-state index contributed by atoms with van der Waals surface area (Å²) in [6.45, 7) is 0. The quantitative estimate of drug-likeness (QED) is 0.384. The van der Waals surface area contributed by atoms with Crippen LogP contribution in [0.25, 0.3) is 10.2 Å². The molecule has 30 heavy (non-hydrogen) atoms. The third-order valence-electron chi connectivity index (χ3n) is 4.24. The molecule has 0 saturated heterocycles. The molecule has 10 heteroatoms. The molecule has 6 nitrogen and oxygen atoms in total. The summed E-state index contributed by atoms with van der Waals surface area (Å²) in [7, 11) is 1.87. The first-order valence-electron chi connectivity index (χ1n) is 9.08. The second-order valence-corrected chi connectivity index (χ2v) is 9.32. The number of rotatable bonds is 8. The molecule has 4 aromatic rings. The van der Waals surface area contributed by atoms with Gasteiger partial charge in [0.1, 0.15) is 11.6 Å². The van der Waals surface area contributed by atoms with E-state index in [0.717, 1.165) is 16.0 Å². The maximum Gasteiger partial charge on any atom is 0.236 e. The monoisotopic (exact) mass is 459 g/mol. The lowest BCUT2D eigenvalue weighted by molar-refractivity contribution is -0.113. The molecule has 0 aliphatic heterocycles. The molecule has 154 valence electrons. The SMILES string of the molecule is Cn1c(CSCc2ccccc2F)nnc1SCC(=O)Nc1nc2ccccc2s1. The van der Waals surface area contributed by atoms with Gasteiger partial charge in [-0.1, -0.05) is 53.4 Å². The Kier molecular flexibility index (Phi) is 6.66. The molecule has 0 bridgehead atoms. The minimum Gasteiger partial charge on any atom is -0.308 e. The van der Waals surface area contributed by atoms with Crippen molar-refractivity contribution in [3.63, 3.8) is 0 Å². The number of benzene rings is 2. The molecule has 0 atom stereocenters. The summed E-state index contributed by atoms with van der Waals surface area (Å²) < 4.78 is 16.6. The van der Waals surface area contributed by atoms with E-state index in [-0.39, 0.29) is 17.5 Å². The lowest BCUT2D eigenvalue weighted by Crippen LogP contribution is -2.14. The third-order valence-corrected chi connectivity index (χ3v) is 7.19. The predicted molar refractivity (Wildman–Crippen MR) is 121 cm³/mol. The molecule has 1 N–H and O–H groups in total. The number of nitrogens with one attached hydrogen (secondary N) is 1. The van der Waals surface area contributed by atoms with E-state index in [1.165, 1.54) is 29.2 Å². The highest BCUT2D eigenvalue weighted by Crippen LogP contribution is 2.26. The number of anilines is 1. The van der Waals surface area contributed by atoms with Crippen molar-refractivity contribution in [2.75, 3.05) is 11.1 Å². The van der Waals surface area contributed by atoms with Crippen molar-refractivity contribution < 1.29 is 9.18 Å². The van der Waals surface area contributed by atoms with Crippen LogP contribution in [0.4, 0.5) is 9.52 Å². The molecular formula is C20H18FN5OS3. The Morgan fingerprint density at radius 1 is 1.13 bits per heavy atom. The van der Waals surface area contributed by atoms with Gasteiger partial charge >= 0.3 is 0 Å². The number of aromatic nitrogens is 4. The fraction of sp³-hybridized carbons (Fsp3) is 0.200. The van der Waals surface area contributed by atoms with Gasteiger partial charge in [-0.15, -0.1) is 22.0 Å². The Morgan fingerprint density at radius 2 is 1.93 bits per heavy atom. The smallest absolute Gasteiger partial charge is 0.236 e. The highest BCUT2D eigenvalue weighted by molar-refractivity contribution is 7.99. The standard InChI is InChI=1S/C20H18FN5OS3/c1-26-17(11-28-10-13-6-2-3-7-14(13)21)24-25-20(26)29-12-18(27)23-19-22-15-8-4-5-9-16(15)30-19/h2-9H,10-12H2,1H3,(H,22,23,27). The Labute approximate surface area is 185 Å². The number of amides is 1. The van der Waals surface area contributed by atoms with Crippen LogP contribution in [0.1, 0.15) is 11.4 Å². The van der Waals surface area contributed by atoms with Crippen LogP contribution in [-0.4, -0.2) is 31.4 Å². The number of thioether (sulfide) groups is 2. The minimum atomic E-state index is -0.196. The van der Waals surface area contributed by atoms with Crippen LogP contribution in [0.15, 0.2) is 53.7 Å². The third kappa shape index (κ3) is 5.00. The van der Waals surface area contributed by atoms with Gasteiger partial charge in [-0.25, -0.2) is 9.37 Å². The van der Waals surface area contributed by atoms with Crippen molar-refractivity contribution in [3.8, 4) is 0 Å². The molecule has 2 aromatic carbocycles. The number of para-hydroxylation sites is 1. The summed E-state index contributed by atoms with van der Waals surface area (Å²) in [5.41, 5.74) is 1.54. The summed E-state index contributed by atoms with van der Waals surface area (Å²) in [5, 5.41) is 12.5. The Bertz CT molecular complexity index is 1140. The normalized spacial score (nSPS) is 11.1. The fourth-order valence-electron chi connectivity index (χ4n) is 2.68. The van der Waals surface area contributed by atoms with Gasteiger partial charge in [-0.05, 0) is 23.8 Å². The van der Waals surface area contributed by atoms with Gasteiger partial charge in [0.25, 0.3) is 0 Å². The van der Waals surface area contributed by atoms with E-state index >= 15 is 0 Å². The van der Waals surface area contributed by atoms with E-state index in [4.69, 9.17) is 0 Å². The molecule has 0 aliphatic rings. The summed E-state index contributed by atoms with van der Waals surface area (Å²) in [5.74, 6) is 1.83. The van der Waals surface area contributed by atoms with Crippen LogP contribution >= 0.6 is 34.9 Å². The highest BCUT2D eigenvalue weighted by atomic mass is 32.2. The van der Waals surface area contributed by atoms with Crippen molar-refractivity contribution in [1.82, 2.24) is 19.7 Å². The Balaban J connectivity index is 1.28. The zero-order valence-electron chi connectivity index (χ0n) is 16.0. The van der Waals surface area contributed by atoms with Gasteiger partial charge in [-0.2, -0.15) is 0 Å². The minimum absolute atomic E-state index is 0.141. The summed E-state index contributed by atoms with van der Waals surface area (Å²) in [6.07, 6.45) is 0. The molecule has 1 amide bonds. The van der Waals surface area contributed by atoms with Crippen molar-refractivity contribution in [1.29, 1.82) is 0 Å².